The molecule has 0 aromatic heterocycles. The van der Waals surface area contributed by atoms with E-state index in [4.69, 9.17) is 39.5 Å². The van der Waals surface area contributed by atoms with Gasteiger partial charge in [0, 0.05) is 38.5 Å². The van der Waals surface area contributed by atoms with E-state index in [1.165, 1.54) is 30.1 Å². The summed E-state index contributed by atoms with van der Waals surface area (Å²) >= 11 is 16.9. The highest BCUT2D eigenvalue weighted by atomic mass is 35.6. The molecule has 2 aromatic rings. The molecular formula is C26H24Cl3F7N2O3. The van der Waals surface area contributed by atoms with E-state index in [1.54, 1.807) is 6.92 Å². The number of benzene rings is 2. The van der Waals surface area contributed by atoms with Crippen molar-refractivity contribution < 1.29 is 45.1 Å². The summed E-state index contributed by atoms with van der Waals surface area (Å²) in [6.45, 7) is 0.450. The van der Waals surface area contributed by atoms with Crippen molar-refractivity contribution in [3.63, 3.8) is 0 Å². The largest absolute Gasteiger partial charge is 0.445 e. The van der Waals surface area contributed by atoms with Crippen molar-refractivity contribution in [3.05, 3.63) is 70.0 Å². The average molecular weight is 652 g/mol. The van der Waals surface area contributed by atoms with Crippen molar-refractivity contribution in [3.8, 4) is 0 Å². The molecule has 1 fully saturated rings. The van der Waals surface area contributed by atoms with Gasteiger partial charge in [0.1, 0.15) is 12.4 Å². The van der Waals surface area contributed by atoms with Crippen LogP contribution in [0.3, 0.4) is 0 Å². The van der Waals surface area contributed by atoms with Crippen LogP contribution in [0.4, 0.5) is 35.5 Å². The number of amides is 2. The van der Waals surface area contributed by atoms with E-state index in [0.717, 1.165) is 4.90 Å². The Bertz CT molecular complexity index is 1250. The van der Waals surface area contributed by atoms with Crippen molar-refractivity contribution >= 4 is 46.8 Å². The van der Waals surface area contributed by atoms with Crippen LogP contribution < -0.4 is 0 Å². The molecule has 0 spiro atoms. The Kier molecular flexibility index (Phi) is 10.0. The molecule has 0 saturated carbocycles. The number of likely N-dealkylation sites (tertiary alicyclic amines) is 1. The minimum Gasteiger partial charge on any atom is -0.445 e. The van der Waals surface area contributed by atoms with E-state index in [-0.39, 0.29) is 31.1 Å². The number of hydrogen-bond donors (Lipinski definition) is 0. The van der Waals surface area contributed by atoms with E-state index in [2.05, 4.69) is 0 Å². The van der Waals surface area contributed by atoms with E-state index >= 15 is 0 Å². The summed E-state index contributed by atoms with van der Waals surface area (Å²) in [5.41, 5.74) is -2.37. The minimum absolute atomic E-state index is 0.0101. The summed E-state index contributed by atoms with van der Waals surface area (Å²) in [4.78, 5) is 28.5. The van der Waals surface area contributed by atoms with Gasteiger partial charge in [-0.15, -0.1) is 0 Å². The Hall–Kier alpha value is -2.44. The first kappa shape index (κ1) is 33.1. The molecule has 1 saturated heterocycles. The topological polar surface area (TPSA) is 49.9 Å². The molecule has 1 heterocycles. The second-order valence-electron chi connectivity index (χ2n) is 9.73. The first-order chi connectivity index (χ1) is 18.8. The quantitative estimate of drug-likeness (QED) is 0.246. The van der Waals surface area contributed by atoms with Crippen LogP contribution in [0.25, 0.3) is 0 Å². The summed E-state index contributed by atoms with van der Waals surface area (Å²) in [5.74, 6) is -2.69. The fourth-order valence-electron chi connectivity index (χ4n) is 4.76. The van der Waals surface area contributed by atoms with E-state index < -0.39 is 70.1 Å². The molecule has 15 heteroatoms. The molecule has 3 rings (SSSR count). The SMILES string of the molecule is Cc1cc(F)ccc1C1CN(C(=O)OCC(Cl)(Cl)Cl)CCC1C(=O)N(C)Cc1cc(C(F)(F)F)cc(C(F)(F)F)c1. The van der Waals surface area contributed by atoms with E-state index in [9.17, 15) is 40.3 Å². The number of alkyl halides is 9. The van der Waals surface area contributed by atoms with Gasteiger partial charge < -0.3 is 14.5 Å². The highest BCUT2D eigenvalue weighted by molar-refractivity contribution is 6.67. The predicted octanol–water partition coefficient (Wildman–Crippen LogP) is 7.74. The van der Waals surface area contributed by atoms with Crippen molar-refractivity contribution in [1.29, 1.82) is 0 Å². The highest BCUT2D eigenvalue weighted by Gasteiger charge is 2.40. The zero-order valence-corrected chi connectivity index (χ0v) is 23.8. The van der Waals surface area contributed by atoms with Crippen molar-refractivity contribution in [2.45, 2.75) is 42.0 Å². The number of ether oxygens (including phenoxy) is 1. The van der Waals surface area contributed by atoms with Gasteiger partial charge in [0.15, 0.2) is 0 Å². The van der Waals surface area contributed by atoms with Gasteiger partial charge in [-0.3, -0.25) is 4.79 Å². The average Bonchev–Trinajstić information content (AvgIpc) is 2.85. The standard InChI is InChI=1S/C26H24Cl3F7N2O3/c1-14-7-18(30)3-4-19(14)21-12-38(23(40)41-13-24(27,28)29)6-5-20(21)22(39)37(2)11-15-8-16(25(31,32)33)10-17(9-15)26(34,35)36/h3-4,7-10,20-21H,5-6,11-13H2,1-2H3. The number of aryl methyl sites for hydroxylation is 1. The van der Waals surface area contributed by atoms with Gasteiger partial charge in [0.25, 0.3) is 0 Å². The van der Waals surface area contributed by atoms with E-state index in [0.29, 0.717) is 23.3 Å². The maximum absolute atomic E-state index is 13.8. The fourth-order valence-corrected chi connectivity index (χ4v) is 4.93. The summed E-state index contributed by atoms with van der Waals surface area (Å²) in [5, 5.41) is 0. The van der Waals surface area contributed by atoms with Crippen LogP contribution in [0, 0.1) is 18.7 Å². The number of halogens is 10. The number of nitrogens with zero attached hydrogens (tertiary/aromatic N) is 2. The second-order valence-corrected chi connectivity index (χ2v) is 12.2. The summed E-state index contributed by atoms with van der Waals surface area (Å²) in [6, 6.07) is 5.00. The van der Waals surface area contributed by atoms with Crippen molar-refractivity contribution in [2.24, 2.45) is 5.92 Å². The smallest absolute Gasteiger partial charge is 0.416 e. The Morgan fingerprint density at radius 3 is 2.10 bits per heavy atom. The van der Waals surface area contributed by atoms with Crippen LogP contribution in [-0.2, 0) is 28.4 Å². The molecule has 0 bridgehead atoms. The third kappa shape index (κ3) is 8.78. The molecule has 0 N–H and O–H groups in total. The van der Waals surface area contributed by atoms with Gasteiger partial charge in [0.05, 0.1) is 11.1 Å². The van der Waals surface area contributed by atoms with Crippen LogP contribution in [0.1, 0.15) is 40.2 Å². The number of piperidine rings is 1. The van der Waals surface area contributed by atoms with Gasteiger partial charge in [-0.1, -0.05) is 40.9 Å². The van der Waals surface area contributed by atoms with Crippen molar-refractivity contribution in [1.82, 2.24) is 9.80 Å². The van der Waals surface area contributed by atoms with Gasteiger partial charge in [-0.25, -0.2) is 9.18 Å². The van der Waals surface area contributed by atoms with E-state index in [1.807, 2.05) is 0 Å². The van der Waals surface area contributed by atoms with Crippen LogP contribution in [0.2, 0.25) is 0 Å². The molecule has 1 aliphatic rings. The zero-order valence-electron chi connectivity index (χ0n) is 21.6. The predicted molar refractivity (Wildman–Crippen MR) is 138 cm³/mol. The third-order valence-corrected chi connectivity index (χ3v) is 6.95. The molecule has 1 aliphatic heterocycles. The normalized spacial score (nSPS) is 18.3. The van der Waals surface area contributed by atoms with Crippen molar-refractivity contribution in [2.75, 3.05) is 26.7 Å². The second kappa shape index (κ2) is 12.4. The number of hydrogen-bond acceptors (Lipinski definition) is 3. The van der Waals surface area contributed by atoms with Gasteiger partial charge in [-0.05, 0) is 60.4 Å². The van der Waals surface area contributed by atoms with Crippen LogP contribution in [-0.4, -0.2) is 52.3 Å². The highest BCUT2D eigenvalue weighted by Crippen LogP contribution is 2.38. The lowest BCUT2D eigenvalue weighted by molar-refractivity contribution is -0.143. The van der Waals surface area contributed by atoms with Gasteiger partial charge in [-0.2, -0.15) is 26.3 Å². The lowest BCUT2D eigenvalue weighted by Gasteiger charge is -2.39. The summed E-state index contributed by atoms with van der Waals surface area (Å²) in [7, 11) is 1.26. The molecule has 2 amide bonds. The molecule has 226 valence electrons. The molecule has 41 heavy (non-hydrogen) atoms. The van der Waals surface area contributed by atoms with Gasteiger partial charge >= 0.3 is 18.4 Å². The lowest BCUT2D eigenvalue weighted by Crippen LogP contribution is -2.48. The molecule has 2 unspecified atom stereocenters. The Morgan fingerprint density at radius 2 is 1.59 bits per heavy atom. The van der Waals surface area contributed by atoms with Crippen LogP contribution in [0.15, 0.2) is 36.4 Å². The lowest BCUT2D eigenvalue weighted by atomic mass is 9.78. The molecular weight excluding hydrogens is 628 g/mol. The molecule has 5 nitrogen and oxygen atoms in total. The minimum atomic E-state index is -5.04. The first-order valence-corrected chi connectivity index (χ1v) is 13.2. The molecule has 2 aromatic carbocycles. The van der Waals surface area contributed by atoms with Crippen LogP contribution >= 0.6 is 34.8 Å². The summed E-state index contributed by atoms with van der Waals surface area (Å²) < 4.78 is 96.9. The number of rotatable bonds is 5. The third-order valence-electron chi connectivity index (χ3n) is 6.62. The Labute approximate surface area is 246 Å². The Morgan fingerprint density at radius 1 is 1.00 bits per heavy atom. The maximum Gasteiger partial charge on any atom is 0.416 e. The zero-order chi connectivity index (χ0) is 30.9. The Balaban J connectivity index is 1.89. The number of carbonyl (C=O) groups excluding carboxylic acids is 2. The fraction of sp³-hybridized carbons (Fsp3) is 0.462. The monoisotopic (exact) mass is 650 g/mol. The molecule has 2 atom stereocenters. The van der Waals surface area contributed by atoms with Crippen LogP contribution in [0.5, 0.6) is 0 Å². The van der Waals surface area contributed by atoms with Gasteiger partial charge in [0.2, 0.25) is 9.70 Å². The molecule has 0 radical (unpaired) electrons. The first-order valence-electron chi connectivity index (χ1n) is 12.0. The number of carbonyl (C=O) groups is 2. The maximum atomic E-state index is 13.8. The summed E-state index contributed by atoms with van der Waals surface area (Å²) in [6.07, 6.45) is -10.9. The molecule has 0 aliphatic carbocycles.